The fourth-order valence-corrected chi connectivity index (χ4v) is 2.70. The fourth-order valence-electron chi connectivity index (χ4n) is 2.70. The van der Waals surface area contributed by atoms with Gasteiger partial charge in [0, 0.05) is 12.6 Å². The normalized spacial score (nSPS) is 24.9. The summed E-state index contributed by atoms with van der Waals surface area (Å²) in [6, 6.07) is 0.654. The summed E-state index contributed by atoms with van der Waals surface area (Å²) < 4.78 is 0. The summed E-state index contributed by atoms with van der Waals surface area (Å²) in [4.78, 5) is 14.8. The number of amides is 1. The zero-order chi connectivity index (χ0) is 13.0. The number of nitrogens with one attached hydrogen (secondary N) is 1. The van der Waals surface area contributed by atoms with Crippen molar-refractivity contribution in [3.05, 3.63) is 0 Å². The lowest BCUT2D eigenvalue weighted by Gasteiger charge is -2.28. The van der Waals surface area contributed by atoms with Crippen LogP contribution in [0.4, 0.5) is 0 Å². The van der Waals surface area contributed by atoms with Crippen molar-refractivity contribution in [3.63, 3.8) is 0 Å². The maximum Gasteiger partial charge on any atom is 0.239 e. The van der Waals surface area contributed by atoms with Gasteiger partial charge in [0.1, 0.15) is 0 Å². The number of rotatable bonds is 5. The number of hydrogen-bond acceptors (Lipinski definition) is 2. The summed E-state index contributed by atoms with van der Waals surface area (Å²) in [5.41, 5.74) is 0. The third-order valence-electron chi connectivity index (χ3n) is 4.08. The average molecular weight is 252 g/mol. The molecular formula is C15H28N2O. The molecule has 0 spiro atoms. The van der Waals surface area contributed by atoms with Crippen LogP contribution < -0.4 is 5.32 Å². The smallest absolute Gasteiger partial charge is 0.239 e. The predicted octanol–water partition coefficient (Wildman–Crippen LogP) is 2.56. The minimum atomic E-state index is 0.0975. The first kappa shape index (κ1) is 13.9. The van der Waals surface area contributed by atoms with Gasteiger partial charge in [0.2, 0.25) is 5.91 Å². The average Bonchev–Trinajstić information content (AvgIpc) is 3.15. The molecule has 0 aromatic rings. The summed E-state index contributed by atoms with van der Waals surface area (Å²) in [7, 11) is 0. The minimum absolute atomic E-state index is 0.0975. The summed E-state index contributed by atoms with van der Waals surface area (Å²) in [6.45, 7) is 6.44. The summed E-state index contributed by atoms with van der Waals surface area (Å²) in [5, 5.41) is 3.44. The van der Waals surface area contributed by atoms with Crippen LogP contribution in [0.5, 0.6) is 0 Å². The van der Waals surface area contributed by atoms with Crippen molar-refractivity contribution in [1.29, 1.82) is 0 Å². The van der Waals surface area contributed by atoms with Crippen LogP contribution in [-0.4, -0.2) is 36.0 Å². The third kappa shape index (κ3) is 3.98. The van der Waals surface area contributed by atoms with E-state index in [1.165, 1.54) is 32.1 Å². The first-order chi connectivity index (χ1) is 8.68. The van der Waals surface area contributed by atoms with Crippen LogP contribution in [0.25, 0.3) is 0 Å². The first-order valence-corrected chi connectivity index (χ1v) is 7.72. The molecule has 3 heteroatoms. The Kier molecular flexibility index (Phi) is 5.04. The van der Waals surface area contributed by atoms with Crippen molar-refractivity contribution in [1.82, 2.24) is 10.2 Å². The van der Waals surface area contributed by atoms with Gasteiger partial charge in [0.25, 0.3) is 0 Å². The van der Waals surface area contributed by atoms with E-state index in [4.69, 9.17) is 0 Å². The molecule has 0 aromatic carbocycles. The van der Waals surface area contributed by atoms with Crippen molar-refractivity contribution in [2.75, 3.05) is 13.1 Å². The molecule has 1 saturated carbocycles. The zero-order valence-electron chi connectivity index (χ0n) is 12.0. The topological polar surface area (TPSA) is 32.3 Å². The van der Waals surface area contributed by atoms with Crippen LogP contribution in [-0.2, 0) is 4.79 Å². The molecule has 2 aliphatic rings. The fraction of sp³-hybridized carbons (Fsp3) is 0.933. The van der Waals surface area contributed by atoms with Gasteiger partial charge in [-0.1, -0.05) is 26.7 Å². The highest BCUT2D eigenvalue weighted by atomic mass is 16.2. The lowest BCUT2D eigenvalue weighted by molar-refractivity contribution is -0.134. The summed E-state index contributed by atoms with van der Waals surface area (Å²) >= 11 is 0. The van der Waals surface area contributed by atoms with E-state index in [0.29, 0.717) is 17.9 Å². The minimum Gasteiger partial charge on any atom is -0.338 e. The Balaban J connectivity index is 1.89. The number of hydrogen-bond donors (Lipinski definition) is 1. The summed E-state index contributed by atoms with van der Waals surface area (Å²) in [6.07, 6.45) is 8.29. The van der Waals surface area contributed by atoms with E-state index in [1.54, 1.807) is 0 Å². The van der Waals surface area contributed by atoms with Crippen molar-refractivity contribution in [3.8, 4) is 0 Å². The molecule has 2 rings (SSSR count). The second-order valence-corrected chi connectivity index (χ2v) is 6.30. The predicted molar refractivity (Wildman–Crippen MR) is 74.4 cm³/mol. The zero-order valence-corrected chi connectivity index (χ0v) is 12.0. The highest BCUT2D eigenvalue weighted by Gasteiger charge is 2.35. The van der Waals surface area contributed by atoms with Gasteiger partial charge in [0.05, 0.1) is 6.04 Å². The van der Waals surface area contributed by atoms with E-state index in [-0.39, 0.29) is 6.04 Å². The van der Waals surface area contributed by atoms with Crippen LogP contribution in [0.3, 0.4) is 0 Å². The molecule has 1 aliphatic heterocycles. The second kappa shape index (κ2) is 6.55. The van der Waals surface area contributed by atoms with E-state index in [0.717, 1.165) is 25.9 Å². The molecule has 0 radical (unpaired) electrons. The molecular weight excluding hydrogens is 224 g/mol. The van der Waals surface area contributed by atoms with Crippen LogP contribution >= 0.6 is 0 Å². The summed E-state index contributed by atoms with van der Waals surface area (Å²) in [5.74, 6) is 1.06. The van der Waals surface area contributed by atoms with Gasteiger partial charge in [0.15, 0.2) is 0 Å². The first-order valence-electron chi connectivity index (χ1n) is 7.72. The molecule has 0 bridgehead atoms. The van der Waals surface area contributed by atoms with Crippen LogP contribution in [0, 0.1) is 5.92 Å². The Labute approximate surface area is 111 Å². The number of carbonyl (C=O) groups excluding carboxylic acids is 1. The molecule has 18 heavy (non-hydrogen) atoms. The Morgan fingerprint density at radius 3 is 2.67 bits per heavy atom. The second-order valence-electron chi connectivity index (χ2n) is 6.30. The van der Waals surface area contributed by atoms with E-state index >= 15 is 0 Å². The van der Waals surface area contributed by atoms with Crippen molar-refractivity contribution >= 4 is 5.91 Å². The van der Waals surface area contributed by atoms with Gasteiger partial charge in [-0.15, -0.1) is 0 Å². The van der Waals surface area contributed by atoms with Crippen molar-refractivity contribution in [2.24, 2.45) is 5.92 Å². The van der Waals surface area contributed by atoms with Gasteiger partial charge in [-0.3, -0.25) is 4.79 Å². The molecule has 104 valence electrons. The van der Waals surface area contributed by atoms with Crippen LogP contribution in [0.1, 0.15) is 58.8 Å². The van der Waals surface area contributed by atoms with Gasteiger partial charge in [-0.25, -0.2) is 0 Å². The lowest BCUT2D eigenvalue weighted by Crippen LogP contribution is -2.47. The van der Waals surface area contributed by atoms with Crippen LogP contribution in [0.2, 0.25) is 0 Å². The third-order valence-corrected chi connectivity index (χ3v) is 4.08. The number of nitrogens with zero attached hydrogens (tertiary/aromatic N) is 1. The molecule has 1 N–H and O–H groups in total. The standard InChI is InChI=1S/C15H28N2O/c1-12(2)9-11-17(13-7-8-13)15(18)14-6-4-3-5-10-16-14/h12-14,16H,3-11H2,1-2H3. The molecule has 1 heterocycles. The van der Waals surface area contributed by atoms with E-state index in [2.05, 4.69) is 24.1 Å². The molecule has 0 aromatic heterocycles. The van der Waals surface area contributed by atoms with E-state index < -0.39 is 0 Å². The van der Waals surface area contributed by atoms with Gasteiger partial charge >= 0.3 is 0 Å². The Morgan fingerprint density at radius 1 is 1.22 bits per heavy atom. The quantitative estimate of drug-likeness (QED) is 0.815. The Morgan fingerprint density at radius 2 is 2.00 bits per heavy atom. The lowest BCUT2D eigenvalue weighted by atomic mass is 10.1. The highest BCUT2D eigenvalue weighted by Crippen LogP contribution is 2.28. The Hall–Kier alpha value is -0.570. The van der Waals surface area contributed by atoms with Gasteiger partial charge < -0.3 is 10.2 Å². The molecule has 1 aliphatic carbocycles. The molecule has 1 unspecified atom stereocenters. The van der Waals surface area contributed by atoms with Crippen LogP contribution in [0.15, 0.2) is 0 Å². The van der Waals surface area contributed by atoms with Gasteiger partial charge in [-0.2, -0.15) is 0 Å². The van der Waals surface area contributed by atoms with E-state index in [1.807, 2.05) is 0 Å². The van der Waals surface area contributed by atoms with Gasteiger partial charge in [-0.05, 0) is 44.6 Å². The molecule has 1 atom stereocenters. The number of carbonyl (C=O) groups is 1. The SMILES string of the molecule is CC(C)CCN(C(=O)C1CCCCCN1)C1CC1. The monoisotopic (exact) mass is 252 g/mol. The molecule has 1 amide bonds. The molecule has 3 nitrogen and oxygen atoms in total. The highest BCUT2D eigenvalue weighted by molar-refractivity contribution is 5.82. The molecule has 1 saturated heterocycles. The maximum atomic E-state index is 12.6. The van der Waals surface area contributed by atoms with Crippen molar-refractivity contribution < 1.29 is 4.79 Å². The Bertz CT molecular complexity index is 266. The van der Waals surface area contributed by atoms with E-state index in [9.17, 15) is 4.79 Å². The largest absolute Gasteiger partial charge is 0.338 e. The van der Waals surface area contributed by atoms with Crippen molar-refractivity contribution in [2.45, 2.75) is 70.9 Å². The molecule has 2 fully saturated rings. The maximum absolute atomic E-state index is 12.6.